The Labute approximate surface area is 133 Å². The Morgan fingerprint density at radius 2 is 1.76 bits per heavy atom. The van der Waals surface area contributed by atoms with E-state index in [2.05, 4.69) is 12.2 Å². The minimum atomic E-state index is -0.399. The van der Waals surface area contributed by atoms with Gasteiger partial charge in [-0.1, -0.05) is 38.4 Å². The van der Waals surface area contributed by atoms with Crippen LogP contribution in [0.25, 0.3) is 0 Å². The van der Waals surface area contributed by atoms with E-state index in [1.807, 2.05) is 0 Å². The maximum Gasteiger partial charge on any atom is 0.224 e. The van der Waals surface area contributed by atoms with E-state index in [0.717, 1.165) is 31.6 Å². The van der Waals surface area contributed by atoms with Crippen LogP contribution in [-0.2, 0) is 4.79 Å². The molecule has 0 aromatic rings. The highest BCUT2D eigenvalue weighted by Gasteiger charge is 2.56. The number of carbonyl (C=O) groups is 1. The fraction of sp³-hybridized carbons (Fsp3) is 0.882. The van der Waals surface area contributed by atoms with Crippen molar-refractivity contribution >= 4 is 23.1 Å². The zero-order valence-electron chi connectivity index (χ0n) is 13.1. The number of nitrogens with two attached hydrogens (primary N) is 1. The van der Waals surface area contributed by atoms with Crippen LogP contribution in [0.2, 0.25) is 0 Å². The monoisotopic (exact) mass is 308 g/mol. The second-order valence-corrected chi connectivity index (χ2v) is 7.87. The van der Waals surface area contributed by atoms with E-state index in [4.69, 9.17) is 18.0 Å². The largest absolute Gasteiger partial charge is 0.391 e. The van der Waals surface area contributed by atoms with Gasteiger partial charge in [-0.2, -0.15) is 0 Å². The predicted molar refractivity (Wildman–Crippen MR) is 88.8 cm³/mol. The second kappa shape index (κ2) is 5.86. The summed E-state index contributed by atoms with van der Waals surface area (Å²) < 4.78 is 0. The van der Waals surface area contributed by atoms with Gasteiger partial charge in [0.15, 0.2) is 0 Å². The molecule has 0 heterocycles. The Balaban J connectivity index is 1.63. The van der Waals surface area contributed by atoms with Gasteiger partial charge in [-0.05, 0) is 56.3 Å². The van der Waals surface area contributed by atoms with Gasteiger partial charge in [0.1, 0.15) is 0 Å². The van der Waals surface area contributed by atoms with E-state index in [1.54, 1.807) is 0 Å². The first-order valence-corrected chi connectivity index (χ1v) is 9.10. The molecule has 21 heavy (non-hydrogen) atoms. The van der Waals surface area contributed by atoms with Crippen molar-refractivity contribution in [1.29, 1.82) is 0 Å². The number of hydrogen-bond donors (Lipinski definition) is 2. The fourth-order valence-electron chi connectivity index (χ4n) is 4.71. The van der Waals surface area contributed by atoms with Crippen molar-refractivity contribution in [2.24, 2.45) is 29.4 Å². The zero-order valence-corrected chi connectivity index (χ0v) is 13.9. The second-order valence-electron chi connectivity index (χ2n) is 7.43. The fourth-order valence-corrected chi connectivity index (χ4v) is 4.97. The van der Waals surface area contributed by atoms with Crippen molar-refractivity contribution in [2.75, 3.05) is 0 Å². The van der Waals surface area contributed by atoms with Crippen LogP contribution in [0.1, 0.15) is 64.7 Å². The highest BCUT2D eigenvalue weighted by atomic mass is 32.1. The van der Waals surface area contributed by atoms with E-state index in [9.17, 15) is 4.79 Å². The highest BCUT2D eigenvalue weighted by molar-refractivity contribution is 7.80. The summed E-state index contributed by atoms with van der Waals surface area (Å²) in [7, 11) is 0. The van der Waals surface area contributed by atoms with Crippen molar-refractivity contribution in [3.05, 3.63) is 0 Å². The van der Waals surface area contributed by atoms with Gasteiger partial charge in [0.2, 0.25) is 5.91 Å². The molecule has 0 spiro atoms. The molecule has 0 saturated heterocycles. The Morgan fingerprint density at radius 1 is 1.19 bits per heavy atom. The van der Waals surface area contributed by atoms with Crippen molar-refractivity contribution in [1.82, 2.24) is 5.32 Å². The summed E-state index contributed by atoms with van der Waals surface area (Å²) in [6, 6.07) is 0. The first kappa shape index (κ1) is 15.3. The number of amides is 1. The van der Waals surface area contributed by atoms with Crippen molar-refractivity contribution < 1.29 is 4.79 Å². The average Bonchev–Trinajstić information content (AvgIpc) is 3.22. The van der Waals surface area contributed by atoms with Crippen LogP contribution in [-0.4, -0.2) is 16.4 Å². The molecule has 3 aliphatic rings. The van der Waals surface area contributed by atoms with Crippen LogP contribution >= 0.6 is 12.2 Å². The smallest absolute Gasteiger partial charge is 0.224 e. The predicted octanol–water partition coefficient (Wildman–Crippen LogP) is 3.16. The van der Waals surface area contributed by atoms with E-state index in [0.29, 0.717) is 16.8 Å². The molecule has 3 nitrogen and oxygen atoms in total. The van der Waals surface area contributed by atoms with Crippen LogP contribution < -0.4 is 11.1 Å². The Morgan fingerprint density at radius 3 is 2.24 bits per heavy atom. The van der Waals surface area contributed by atoms with E-state index in [-0.39, 0.29) is 11.8 Å². The summed E-state index contributed by atoms with van der Waals surface area (Å²) in [4.78, 5) is 13.2. The number of nitrogens with one attached hydrogen (secondary N) is 1. The third-order valence-corrected chi connectivity index (χ3v) is 6.72. The van der Waals surface area contributed by atoms with Gasteiger partial charge >= 0.3 is 0 Å². The van der Waals surface area contributed by atoms with E-state index >= 15 is 0 Å². The summed E-state index contributed by atoms with van der Waals surface area (Å²) in [5, 5.41) is 3.29. The lowest BCUT2D eigenvalue weighted by atomic mass is 9.75. The SMILES string of the molecule is CCC1CCC(NC(=O)C2C3CCCCC32)(C(N)=S)CC1. The molecule has 3 N–H and O–H groups in total. The third kappa shape index (κ3) is 2.84. The summed E-state index contributed by atoms with van der Waals surface area (Å²) in [6.45, 7) is 2.24. The van der Waals surface area contributed by atoms with Gasteiger partial charge in [0.05, 0.1) is 10.5 Å². The lowest BCUT2D eigenvalue weighted by Gasteiger charge is -2.40. The molecular weight excluding hydrogens is 280 g/mol. The quantitative estimate of drug-likeness (QED) is 0.784. The van der Waals surface area contributed by atoms with Crippen LogP contribution in [0.15, 0.2) is 0 Å². The zero-order chi connectivity index (χ0) is 15.0. The summed E-state index contributed by atoms with van der Waals surface area (Å²) in [5.41, 5.74) is 5.62. The number of carbonyl (C=O) groups excluding carboxylic acids is 1. The molecule has 0 aliphatic heterocycles. The first-order chi connectivity index (χ1) is 10.1. The third-order valence-electron chi connectivity index (χ3n) is 6.33. The van der Waals surface area contributed by atoms with Crippen LogP contribution in [0, 0.1) is 23.7 Å². The Bertz CT molecular complexity index is 417. The topological polar surface area (TPSA) is 55.1 Å². The molecule has 0 aromatic heterocycles. The van der Waals surface area contributed by atoms with Crippen LogP contribution in [0.4, 0.5) is 0 Å². The molecule has 2 atom stereocenters. The summed E-state index contributed by atoms with van der Waals surface area (Å²) in [5.74, 6) is 2.55. The van der Waals surface area contributed by atoms with Gasteiger partial charge in [-0.15, -0.1) is 0 Å². The van der Waals surface area contributed by atoms with E-state index < -0.39 is 5.54 Å². The molecule has 3 aliphatic carbocycles. The number of fused-ring (bicyclic) bond motifs is 1. The molecular formula is C17H28N2OS. The lowest BCUT2D eigenvalue weighted by Crippen LogP contribution is -2.58. The minimum Gasteiger partial charge on any atom is -0.391 e. The number of rotatable bonds is 4. The standard InChI is InChI=1S/C17H28N2OS/c1-2-11-7-9-17(10-8-11,16(18)21)19-15(20)14-12-5-3-4-6-13(12)14/h11-14H,2-10H2,1H3,(H2,18,21)(H,19,20). The molecule has 0 bridgehead atoms. The molecule has 3 rings (SSSR count). The van der Waals surface area contributed by atoms with Gasteiger partial charge < -0.3 is 11.1 Å². The molecule has 118 valence electrons. The molecule has 2 unspecified atom stereocenters. The van der Waals surface area contributed by atoms with Crippen molar-refractivity contribution in [3.8, 4) is 0 Å². The molecule has 0 radical (unpaired) electrons. The van der Waals surface area contributed by atoms with Crippen molar-refractivity contribution in [2.45, 2.75) is 70.3 Å². The molecule has 3 saturated carbocycles. The minimum absolute atomic E-state index is 0.231. The van der Waals surface area contributed by atoms with Gasteiger partial charge in [0, 0.05) is 5.92 Å². The van der Waals surface area contributed by atoms with Gasteiger partial charge in [0.25, 0.3) is 0 Å². The maximum absolute atomic E-state index is 12.7. The summed E-state index contributed by atoms with van der Waals surface area (Å²) in [6.07, 6.45) is 10.4. The van der Waals surface area contributed by atoms with E-state index in [1.165, 1.54) is 32.1 Å². The lowest BCUT2D eigenvalue weighted by molar-refractivity contribution is -0.124. The van der Waals surface area contributed by atoms with Gasteiger partial charge in [-0.3, -0.25) is 4.79 Å². The summed E-state index contributed by atoms with van der Waals surface area (Å²) >= 11 is 5.32. The Hall–Kier alpha value is -0.640. The molecule has 3 fully saturated rings. The normalized spacial score (nSPS) is 42.0. The Kier molecular flexibility index (Phi) is 4.26. The maximum atomic E-state index is 12.7. The number of thiocarbonyl (C=S) groups is 1. The first-order valence-electron chi connectivity index (χ1n) is 8.69. The number of hydrogen-bond acceptors (Lipinski definition) is 2. The average molecular weight is 308 g/mol. The van der Waals surface area contributed by atoms with Crippen LogP contribution in [0.3, 0.4) is 0 Å². The highest BCUT2D eigenvalue weighted by Crippen LogP contribution is 2.55. The van der Waals surface area contributed by atoms with Gasteiger partial charge in [-0.25, -0.2) is 0 Å². The molecule has 0 aromatic carbocycles. The molecule has 1 amide bonds. The molecule has 4 heteroatoms. The van der Waals surface area contributed by atoms with Crippen molar-refractivity contribution in [3.63, 3.8) is 0 Å². The van der Waals surface area contributed by atoms with Crippen LogP contribution in [0.5, 0.6) is 0 Å².